The molecule has 2 atom stereocenters. The van der Waals surface area contributed by atoms with Gasteiger partial charge in [0.2, 0.25) is 0 Å². The van der Waals surface area contributed by atoms with Gasteiger partial charge >= 0.3 is 0 Å². The van der Waals surface area contributed by atoms with E-state index in [0.29, 0.717) is 0 Å². The van der Waals surface area contributed by atoms with E-state index in [4.69, 9.17) is 0 Å². The number of alkyl halides is 1. The number of halogens is 1. The molecule has 0 aromatic carbocycles. The first-order valence-corrected chi connectivity index (χ1v) is 6.29. The van der Waals surface area contributed by atoms with E-state index in [1.54, 1.807) is 5.56 Å². The van der Waals surface area contributed by atoms with Gasteiger partial charge in [0.25, 0.3) is 0 Å². The molecule has 0 nitrogen and oxygen atoms in total. The van der Waals surface area contributed by atoms with Crippen molar-refractivity contribution in [1.82, 2.24) is 0 Å². The molecule has 66 valence electrons. The molecule has 2 unspecified atom stereocenters. The molecule has 1 aliphatic rings. The van der Waals surface area contributed by atoms with Crippen LogP contribution in [-0.2, 0) is 0 Å². The van der Waals surface area contributed by atoms with Gasteiger partial charge in [-0.15, -0.1) is 11.3 Å². The van der Waals surface area contributed by atoms with E-state index in [0.717, 1.165) is 11.8 Å². The fourth-order valence-electron chi connectivity index (χ4n) is 1.82. The molecule has 1 heterocycles. The molecule has 1 aromatic rings. The Kier molecular flexibility index (Phi) is 2.30. The van der Waals surface area contributed by atoms with Crippen LogP contribution in [-0.4, -0.2) is 5.33 Å². The average Bonchev–Trinajstić information content (AvgIpc) is 2.72. The molecule has 0 spiro atoms. The Morgan fingerprint density at radius 1 is 1.58 bits per heavy atom. The zero-order chi connectivity index (χ0) is 8.72. The minimum absolute atomic E-state index is 0.870. The van der Waals surface area contributed by atoms with E-state index in [2.05, 4.69) is 35.8 Å². The second kappa shape index (κ2) is 3.15. The second-order valence-electron chi connectivity index (χ2n) is 3.63. The average molecular weight is 245 g/mol. The van der Waals surface area contributed by atoms with Crippen molar-refractivity contribution in [3.8, 4) is 0 Å². The standard InChI is InChI=1S/C10H13BrS/c1-6-3-9(7(2)12-6)10-4-8(10)5-11/h3,8,10H,4-5H2,1-2H3. The van der Waals surface area contributed by atoms with E-state index in [1.807, 2.05) is 11.3 Å². The molecule has 1 aromatic heterocycles. The van der Waals surface area contributed by atoms with Gasteiger partial charge in [-0.2, -0.15) is 0 Å². The summed E-state index contributed by atoms with van der Waals surface area (Å²) >= 11 is 5.48. The Hall–Kier alpha value is 0.180. The highest BCUT2D eigenvalue weighted by Crippen LogP contribution is 2.50. The van der Waals surface area contributed by atoms with Crippen LogP contribution in [0.2, 0.25) is 0 Å². The van der Waals surface area contributed by atoms with Crippen LogP contribution in [0.1, 0.15) is 27.7 Å². The molecule has 0 amide bonds. The van der Waals surface area contributed by atoms with E-state index in [9.17, 15) is 0 Å². The third-order valence-electron chi connectivity index (χ3n) is 2.60. The van der Waals surface area contributed by atoms with Gasteiger partial charge in [-0.05, 0) is 43.7 Å². The molecule has 1 saturated carbocycles. The Bertz CT molecular complexity index is 290. The lowest BCUT2D eigenvalue weighted by atomic mass is 10.1. The maximum Gasteiger partial charge on any atom is 0.00657 e. The van der Waals surface area contributed by atoms with Crippen molar-refractivity contribution in [2.75, 3.05) is 5.33 Å². The van der Waals surface area contributed by atoms with E-state index in [1.165, 1.54) is 21.5 Å². The summed E-state index contributed by atoms with van der Waals surface area (Å²) in [5.41, 5.74) is 1.61. The Labute approximate surface area is 86.1 Å². The molecule has 0 saturated heterocycles. The highest BCUT2D eigenvalue weighted by molar-refractivity contribution is 9.09. The molecule has 12 heavy (non-hydrogen) atoms. The third kappa shape index (κ3) is 1.47. The van der Waals surface area contributed by atoms with Crippen LogP contribution in [0.15, 0.2) is 6.07 Å². The fourth-order valence-corrected chi connectivity index (χ4v) is 3.53. The lowest BCUT2D eigenvalue weighted by molar-refractivity contribution is 0.934. The largest absolute Gasteiger partial charge is 0.146 e. The molecule has 2 heteroatoms. The summed E-state index contributed by atoms with van der Waals surface area (Å²) in [5, 5.41) is 1.17. The molecule has 1 fully saturated rings. The summed E-state index contributed by atoms with van der Waals surface area (Å²) in [4.78, 5) is 2.99. The van der Waals surface area contributed by atoms with Gasteiger partial charge in [0.1, 0.15) is 0 Å². The van der Waals surface area contributed by atoms with Crippen molar-refractivity contribution >= 4 is 27.3 Å². The quantitative estimate of drug-likeness (QED) is 0.694. The first-order chi connectivity index (χ1) is 5.72. The normalized spacial score (nSPS) is 27.6. The molecular weight excluding hydrogens is 232 g/mol. The fraction of sp³-hybridized carbons (Fsp3) is 0.600. The summed E-state index contributed by atoms with van der Waals surface area (Å²) in [6, 6.07) is 2.37. The molecule has 0 bridgehead atoms. The molecule has 0 aliphatic heterocycles. The number of rotatable bonds is 2. The van der Waals surface area contributed by atoms with Gasteiger partial charge in [0.05, 0.1) is 0 Å². The Balaban J connectivity index is 2.19. The summed E-state index contributed by atoms with van der Waals surface area (Å²) in [5.74, 6) is 1.78. The van der Waals surface area contributed by atoms with E-state index < -0.39 is 0 Å². The topological polar surface area (TPSA) is 0 Å². The van der Waals surface area contributed by atoms with Crippen molar-refractivity contribution < 1.29 is 0 Å². The zero-order valence-electron chi connectivity index (χ0n) is 7.43. The van der Waals surface area contributed by atoms with Crippen molar-refractivity contribution in [2.45, 2.75) is 26.2 Å². The first-order valence-electron chi connectivity index (χ1n) is 4.35. The zero-order valence-corrected chi connectivity index (χ0v) is 9.83. The maximum atomic E-state index is 3.55. The highest BCUT2D eigenvalue weighted by Gasteiger charge is 2.38. The van der Waals surface area contributed by atoms with Crippen LogP contribution in [0.25, 0.3) is 0 Å². The second-order valence-corrected chi connectivity index (χ2v) is 5.73. The first kappa shape index (κ1) is 8.76. The van der Waals surface area contributed by atoms with Gasteiger partial charge in [-0.25, -0.2) is 0 Å². The Morgan fingerprint density at radius 3 is 2.75 bits per heavy atom. The van der Waals surface area contributed by atoms with Crippen molar-refractivity contribution in [1.29, 1.82) is 0 Å². The lowest BCUT2D eigenvalue weighted by Crippen LogP contribution is -1.83. The summed E-state index contributed by atoms with van der Waals surface area (Å²) in [6.45, 7) is 4.45. The monoisotopic (exact) mass is 244 g/mol. The summed E-state index contributed by atoms with van der Waals surface area (Å²) in [7, 11) is 0. The SMILES string of the molecule is Cc1cc(C2CC2CBr)c(C)s1. The van der Waals surface area contributed by atoms with Crippen LogP contribution in [0.5, 0.6) is 0 Å². The molecule has 0 radical (unpaired) electrons. The number of thiophene rings is 1. The number of aryl methyl sites for hydroxylation is 2. The summed E-state index contributed by atoms with van der Waals surface area (Å²) in [6.07, 6.45) is 1.39. The van der Waals surface area contributed by atoms with Gasteiger partial charge in [-0.3, -0.25) is 0 Å². The maximum absolute atomic E-state index is 3.55. The van der Waals surface area contributed by atoms with Crippen molar-refractivity contribution in [3.63, 3.8) is 0 Å². The minimum atomic E-state index is 0.870. The van der Waals surface area contributed by atoms with Crippen LogP contribution in [0, 0.1) is 19.8 Å². The predicted molar refractivity (Wildman–Crippen MR) is 58.4 cm³/mol. The predicted octanol–water partition coefficient (Wildman–Crippen LogP) is 3.86. The van der Waals surface area contributed by atoms with Crippen LogP contribution in [0.3, 0.4) is 0 Å². The lowest BCUT2D eigenvalue weighted by Gasteiger charge is -1.94. The summed E-state index contributed by atoms with van der Waals surface area (Å²) < 4.78 is 0. The van der Waals surface area contributed by atoms with Gasteiger partial charge in [0, 0.05) is 15.1 Å². The minimum Gasteiger partial charge on any atom is -0.146 e. The van der Waals surface area contributed by atoms with Crippen LogP contribution >= 0.6 is 27.3 Å². The Morgan fingerprint density at radius 2 is 2.33 bits per heavy atom. The van der Waals surface area contributed by atoms with Gasteiger partial charge in [0.15, 0.2) is 0 Å². The van der Waals surface area contributed by atoms with E-state index in [-0.39, 0.29) is 0 Å². The molecular formula is C10H13BrS. The van der Waals surface area contributed by atoms with E-state index >= 15 is 0 Å². The van der Waals surface area contributed by atoms with Crippen molar-refractivity contribution in [3.05, 3.63) is 21.4 Å². The molecule has 2 rings (SSSR count). The highest BCUT2D eigenvalue weighted by atomic mass is 79.9. The molecule has 0 N–H and O–H groups in total. The number of hydrogen-bond donors (Lipinski definition) is 0. The van der Waals surface area contributed by atoms with Crippen molar-refractivity contribution in [2.24, 2.45) is 5.92 Å². The van der Waals surface area contributed by atoms with Crippen LogP contribution in [0.4, 0.5) is 0 Å². The third-order valence-corrected chi connectivity index (χ3v) is 4.41. The molecule has 1 aliphatic carbocycles. The number of hydrogen-bond acceptors (Lipinski definition) is 1. The van der Waals surface area contributed by atoms with Crippen LogP contribution < -0.4 is 0 Å². The van der Waals surface area contributed by atoms with Gasteiger partial charge in [-0.1, -0.05) is 15.9 Å². The van der Waals surface area contributed by atoms with Gasteiger partial charge < -0.3 is 0 Å². The smallest absolute Gasteiger partial charge is 0.00657 e.